The molecule has 0 aliphatic carbocycles. The number of rotatable bonds is 2. The third-order valence-corrected chi connectivity index (χ3v) is 5.60. The molecule has 4 nitrogen and oxygen atoms in total. The number of benzene rings is 1. The SMILES string of the molecule is COC1CCN(C(=O)c2sc3cc(Br)ccc3c2N)CC1. The summed E-state index contributed by atoms with van der Waals surface area (Å²) >= 11 is 4.92. The van der Waals surface area contributed by atoms with E-state index in [-0.39, 0.29) is 12.0 Å². The van der Waals surface area contributed by atoms with Gasteiger partial charge in [-0.15, -0.1) is 11.3 Å². The zero-order valence-corrected chi connectivity index (χ0v) is 14.2. The average Bonchev–Trinajstić information content (AvgIpc) is 2.83. The number of nitrogens with zero attached hydrogens (tertiary/aromatic N) is 1. The third-order valence-electron chi connectivity index (χ3n) is 3.95. The molecule has 2 heterocycles. The number of hydrogen-bond acceptors (Lipinski definition) is 4. The van der Waals surface area contributed by atoms with Crippen LogP contribution in [0.5, 0.6) is 0 Å². The van der Waals surface area contributed by atoms with Crippen molar-refractivity contribution in [3.8, 4) is 0 Å². The lowest BCUT2D eigenvalue weighted by molar-refractivity contribution is 0.0354. The third kappa shape index (κ3) is 2.80. The highest BCUT2D eigenvalue weighted by Gasteiger charge is 2.26. The second-order valence-electron chi connectivity index (χ2n) is 5.21. The number of halogens is 1. The summed E-state index contributed by atoms with van der Waals surface area (Å²) < 4.78 is 7.38. The fraction of sp³-hybridized carbons (Fsp3) is 0.400. The summed E-state index contributed by atoms with van der Waals surface area (Å²) in [6.07, 6.45) is 2.04. The van der Waals surface area contributed by atoms with Crippen molar-refractivity contribution in [2.24, 2.45) is 0 Å². The number of thiophene rings is 1. The molecule has 2 aromatic rings. The summed E-state index contributed by atoms with van der Waals surface area (Å²) in [5.74, 6) is 0.0411. The molecule has 1 saturated heterocycles. The molecular weight excluding hydrogens is 352 g/mol. The molecule has 0 atom stereocenters. The van der Waals surface area contributed by atoms with Gasteiger partial charge in [0.25, 0.3) is 5.91 Å². The molecule has 3 rings (SSSR count). The van der Waals surface area contributed by atoms with Gasteiger partial charge in [0.1, 0.15) is 4.88 Å². The van der Waals surface area contributed by atoms with Gasteiger partial charge in [0, 0.05) is 34.8 Å². The molecule has 21 heavy (non-hydrogen) atoms. The van der Waals surface area contributed by atoms with E-state index in [4.69, 9.17) is 10.5 Å². The standard InChI is InChI=1S/C15H17BrN2O2S/c1-20-10-4-6-18(7-5-10)15(19)14-13(17)11-3-2-9(16)8-12(11)21-14/h2-3,8,10H,4-7,17H2,1H3. The number of likely N-dealkylation sites (tertiary alicyclic amines) is 1. The molecule has 0 unspecified atom stereocenters. The van der Waals surface area contributed by atoms with Gasteiger partial charge in [-0.3, -0.25) is 4.79 Å². The van der Waals surface area contributed by atoms with E-state index < -0.39 is 0 Å². The number of methoxy groups -OCH3 is 1. The minimum atomic E-state index is 0.0411. The van der Waals surface area contributed by atoms with Gasteiger partial charge in [0.2, 0.25) is 0 Å². The normalized spacial score (nSPS) is 16.6. The van der Waals surface area contributed by atoms with Crippen molar-refractivity contribution in [1.29, 1.82) is 0 Å². The lowest BCUT2D eigenvalue weighted by Gasteiger charge is -2.31. The number of carbonyl (C=O) groups is 1. The Kier molecular flexibility index (Phi) is 4.19. The van der Waals surface area contributed by atoms with Gasteiger partial charge < -0.3 is 15.4 Å². The molecule has 1 aliphatic heterocycles. The smallest absolute Gasteiger partial charge is 0.266 e. The number of nitrogen functional groups attached to an aromatic ring is 1. The maximum Gasteiger partial charge on any atom is 0.266 e. The molecule has 1 aromatic heterocycles. The van der Waals surface area contributed by atoms with Crippen LogP contribution in [0.4, 0.5) is 5.69 Å². The number of carbonyl (C=O) groups excluding carboxylic acids is 1. The number of nitrogens with two attached hydrogens (primary N) is 1. The van der Waals surface area contributed by atoms with E-state index in [0.29, 0.717) is 10.6 Å². The topological polar surface area (TPSA) is 55.6 Å². The van der Waals surface area contributed by atoms with Crippen LogP contribution in [-0.2, 0) is 4.74 Å². The van der Waals surface area contributed by atoms with Gasteiger partial charge in [-0.2, -0.15) is 0 Å². The predicted octanol–water partition coefficient (Wildman–Crippen LogP) is 3.50. The van der Waals surface area contributed by atoms with Crippen LogP contribution < -0.4 is 5.73 Å². The molecule has 1 aromatic carbocycles. The van der Waals surface area contributed by atoms with Gasteiger partial charge in [0.15, 0.2) is 0 Å². The molecule has 6 heteroatoms. The van der Waals surface area contributed by atoms with Crippen molar-refractivity contribution < 1.29 is 9.53 Å². The summed E-state index contributed by atoms with van der Waals surface area (Å²) in [7, 11) is 1.73. The summed E-state index contributed by atoms with van der Waals surface area (Å²) in [6.45, 7) is 1.46. The van der Waals surface area contributed by atoms with E-state index in [9.17, 15) is 4.79 Å². The first-order valence-corrected chi connectivity index (χ1v) is 8.50. The minimum Gasteiger partial charge on any atom is -0.397 e. The summed E-state index contributed by atoms with van der Waals surface area (Å²) in [5.41, 5.74) is 6.77. The number of ether oxygens (including phenoxy) is 1. The first-order valence-electron chi connectivity index (χ1n) is 6.89. The van der Waals surface area contributed by atoms with Crippen molar-refractivity contribution >= 4 is 48.9 Å². The highest BCUT2D eigenvalue weighted by molar-refractivity contribution is 9.10. The fourth-order valence-electron chi connectivity index (χ4n) is 2.69. The quantitative estimate of drug-likeness (QED) is 0.882. The van der Waals surface area contributed by atoms with Crippen LogP contribution in [0.1, 0.15) is 22.5 Å². The Morgan fingerprint density at radius 1 is 1.43 bits per heavy atom. The Labute approximate surface area is 136 Å². The maximum atomic E-state index is 12.7. The molecule has 1 aliphatic rings. The number of piperidine rings is 1. The Morgan fingerprint density at radius 2 is 2.14 bits per heavy atom. The first kappa shape index (κ1) is 14.8. The number of anilines is 1. The lowest BCUT2D eigenvalue weighted by atomic mass is 10.1. The number of amides is 1. The largest absolute Gasteiger partial charge is 0.397 e. The van der Waals surface area contributed by atoms with Crippen molar-refractivity contribution in [2.45, 2.75) is 18.9 Å². The van der Waals surface area contributed by atoms with Gasteiger partial charge in [-0.05, 0) is 25.0 Å². The van der Waals surface area contributed by atoms with E-state index in [1.54, 1.807) is 7.11 Å². The fourth-order valence-corrected chi connectivity index (χ4v) is 4.33. The first-order chi connectivity index (χ1) is 10.1. The van der Waals surface area contributed by atoms with Crippen LogP contribution in [0, 0.1) is 0 Å². The van der Waals surface area contributed by atoms with Crippen LogP contribution in [0.15, 0.2) is 22.7 Å². The predicted molar refractivity (Wildman–Crippen MR) is 89.9 cm³/mol. The second-order valence-corrected chi connectivity index (χ2v) is 7.18. The monoisotopic (exact) mass is 368 g/mol. The van der Waals surface area contributed by atoms with Gasteiger partial charge in [-0.25, -0.2) is 0 Å². The molecule has 0 saturated carbocycles. The highest BCUT2D eigenvalue weighted by Crippen LogP contribution is 2.36. The minimum absolute atomic E-state index is 0.0411. The van der Waals surface area contributed by atoms with Crippen LogP contribution in [0.25, 0.3) is 10.1 Å². The molecule has 0 bridgehead atoms. The zero-order chi connectivity index (χ0) is 15.0. The van der Waals surface area contributed by atoms with E-state index in [0.717, 1.165) is 40.5 Å². The lowest BCUT2D eigenvalue weighted by Crippen LogP contribution is -2.40. The van der Waals surface area contributed by atoms with Crippen LogP contribution in [-0.4, -0.2) is 37.1 Å². The summed E-state index contributed by atoms with van der Waals surface area (Å²) in [6, 6.07) is 5.91. The Hall–Kier alpha value is -1.11. The van der Waals surface area contributed by atoms with Crippen LogP contribution in [0.2, 0.25) is 0 Å². The van der Waals surface area contributed by atoms with E-state index in [2.05, 4.69) is 15.9 Å². The van der Waals surface area contributed by atoms with Gasteiger partial charge in [0.05, 0.1) is 11.8 Å². The number of fused-ring (bicyclic) bond motifs is 1. The summed E-state index contributed by atoms with van der Waals surface area (Å²) in [5, 5.41) is 0.957. The van der Waals surface area contributed by atoms with E-state index in [1.807, 2.05) is 23.1 Å². The molecular formula is C15H17BrN2O2S. The van der Waals surface area contributed by atoms with E-state index in [1.165, 1.54) is 11.3 Å². The van der Waals surface area contributed by atoms with E-state index >= 15 is 0 Å². The van der Waals surface area contributed by atoms with Crippen molar-refractivity contribution in [2.75, 3.05) is 25.9 Å². The molecule has 2 N–H and O–H groups in total. The summed E-state index contributed by atoms with van der Waals surface area (Å²) in [4.78, 5) is 15.2. The highest BCUT2D eigenvalue weighted by atomic mass is 79.9. The average molecular weight is 369 g/mol. The zero-order valence-electron chi connectivity index (χ0n) is 11.8. The molecule has 1 fully saturated rings. The second kappa shape index (κ2) is 5.94. The molecule has 112 valence electrons. The van der Waals surface area contributed by atoms with Gasteiger partial charge >= 0.3 is 0 Å². The van der Waals surface area contributed by atoms with Crippen molar-refractivity contribution in [1.82, 2.24) is 4.90 Å². The maximum absolute atomic E-state index is 12.7. The molecule has 0 spiro atoms. The van der Waals surface area contributed by atoms with Crippen molar-refractivity contribution in [3.05, 3.63) is 27.5 Å². The van der Waals surface area contributed by atoms with Crippen molar-refractivity contribution in [3.63, 3.8) is 0 Å². The molecule has 1 amide bonds. The Bertz CT molecular complexity index is 678. The van der Waals surface area contributed by atoms with Crippen LogP contribution in [0.3, 0.4) is 0 Å². The van der Waals surface area contributed by atoms with Gasteiger partial charge in [-0.1, -0.05) is 22.0 Å². The Morgan fingerprint density at radius 3 is 2.81 bits per heavy atom. The van der Waals surface area contributed by atoms with Crippen LogP contribution >= 0.6 is 27.3 Å². The Balaban J connectivity index is 1.86. The molecule has 0 radical (unpaired) electrons. The number of hydrogen-bond donors (Lipinski definition) is 1.